The molecule has 1 aromatic heterocycles. The van der Waals surface area contributed by atoms with E-state index in [1.807, 2.05) is 43.7 Å². The van der Waals surface area contributed by atoms with Gasteiger partial charge in [0.25, 0.3) is 5.91 Å². The molecule has 1 amide bonds. The van der Waals surface area contributed by atoms with Crippen molar-refractivity contribution in [3.05, 3.63) is 41.6 Å². The zero-order valence-electron chi connectivity index (χ0n) is 14.4. The fourth-order valence-electron chi connectivity index (χ4n) is 2.56. The molecular weight excluding hydrogens is 308 g/mol. The molecule has 0 bridgehead atoms. The Morgan fingerprint density at radius 2 is 2.08 bits per heavy atom. The second-order valence-corrected chi connectivity index (χ2v) is 5.27. The first-order chi connectivity index (χ1) is 11.5. The zero-order chi connectivity index (χ0) is 17.7. The van der Waals surface area contributed by atoms with Gasteiger partial charge in [0, 0.05) is 36.3 Å². The molecule has 128 valence electrons. The Hall–Kier alpha value is -2.76. The predicted molar refractivity (Wildman–Crippen MR) is 92.3 cm³/mol. The summed E-state index contributed by atoms with van der Waals surface area (Å²) < 4.78 is 12.0. The molecule has 6 heteroatoms. The number of hydrogen-bond donors (Lipinski definition) is 1. The van der Waals surface area contributed by atoms with Gasteiger partial charge in [0.1, 0.15) is 5.75 Å². The fraction of sp³-hybridized carbons (Fsp3) is 0.333. The maximum absolute atomic E-state index is 12.6. The van der Waals surface area contributed by atoms with Gasteiger partial charge in [-0.1, -0.05) is 6.08 Å². The van der Waals surface area contributed by atoms with E-state index >= 15 is 0 Å². The van der Waals surface area contributed by atoms with Gasteiger partial charge in [0.15, 0.2) is 0 Å². The molecule has 0 saturated heterocycles. The fourth-order valence-corrected chi connectivity index (χ4v) is 2.56. The van der Waals surface area contributed by atoms with Crippen LogP contribution in [-0.4, -0.2) is 36.7 Å². The third-order valence-corrected chi connectivity index (χ3v) is 3.84. The van der Waals surface area contributed by atoms with Crippen LogP contribution in [0.4, 0.5) is 0 Å². The van der Waals surface area contributed by atoms with Gasteiger partial charge < -0.3 is 19.4 Å². The van der Waals surface area contributed by atoms with E-state index in [-0.39, 0.29) is 12.5 Å². The van der Waals surface area contributed by atoms with Crippen molar-refractivity contribution in [2.45, 2.75) is 13.8 Å². The Labute approximate surface area is 141 Å². The van der Waals surface area contributed by atoms with Crippen LogP contribution in [0.2, 0.25) is 0 Å². The number of benzene rings is 1. The minimum absolute atomic E-state index is 0.193. The quantitative estimate of drug-likeness (QED) is 0.652. The van der Waals surface area contributed by atoms with Crippen LogP contribution in [0.1, 0.15) is 23.0 Å². The summed E-state index contributed by atoms with van der Waals surface area (Å²) in [6, 6.07) is 5.72. The van der Waals surface area contributed by atoms with Crippen molar-refractivity contribution in [3.8, 4) is 5.75 Å². The molecule has 6 nitrogen and oxygen atoms in total. The summed E-state index contributed by atoms with van der Waals surface area (Å²) in [5, 5.41) is 3.63. The molecule has 1 aromatic carbocycles. The molecule has 2 aromatic rings. The highest BCUT2D eigenvalue weighted by Gasteiger charge is 2.18. The third-order valence-electron chi connectivity index (χ3n) is 3.84. The number of aryl methyl sites for hydroxylation is 1. The normalized spacial score (nSPS) is 11.0. The minimum atomic E-state index is -0.452. The van der Waals surface area contributed by atoms with Crippen LogP contribution in [0.5, 0.6) is 5.75 Å². The first kappa shape index (κ1) is 17.6. The molecule has 0 aliphatic heterocycles. The Morgan fingerprint density at radius 3 is 2.75 bits per heavy atom. The topological polar surface area (TPSA) is 69.6 Å². The van der Waals surface area contributed by atoms with E-state index < -0.39 is 5.97 Å². The Bertz CT molecular complexity index is 790. The highest BCUT2D eigenvalue weighted by Crippen LogP contribution is 2.28. The Balaban J connectivity index is 2.27. The van der Waals surface area contributed by atoms with E-state index in [9.17, 15) is 9.59 Å². The number of fused-ring (bicyclic) bond motifs is 1. The molecule has 0 fully saturated rings. The van der Waals surface area contributed by atoms with Gasteiger partial charge in [0.2, 0.25) is 0 Å². The highest BCUT2D eigenvalue weighted by molar-refractivity contribution is 6.08. The van der Waals surface area contributed by atoms with E-state index in [1.54, 1.807) is 6.08 Å². The number of esters is 1. The van der Waals surface area contributed by atoms with Crippen molar-refractivity contribution in [2.24, 2.45) is 7.05 Å². The Morgan fingerprint density at radius 1 is 1.33 bits per heavy atom. The van der Waals surface area contributed by atoms with Crippen molar-refractivity contribution in [2.75, 3.05) is 20.3 Å². The molecule has 0 aliphatic carbocycles. The summed E-state index contributed by atoms with van der Waals surface area (Å²) in [6.45, 7) is 4.63. The molecule has 0 spiro atoms. The number of rotatable bonds is 6. The first-order valence-corrected chi connectivity index (χ1v) is 7.74. The average molecular weight is 330 g/mol. The van der Waals surface area contributed by atoms with E-state index in [0.717, 1.165) is 22.3 Å². The maximum Gasteiger partial charge on any atom is 0.330 e. The van der Waals surface area contributed by atoms with Crippen LogP contribution < -0.4 is 10.1 Å². The number of hydrogen-bond acceptors (Lipinski definition) is 4. The lowest BCUT2D eigenvalue weighted by Gasteiger charge is -2.05. The van der Waals surface area contributed by atoms with Crippen LogP contribution in [0.3, 0.4) is 0 Å². The summed E-state index contributed by atoms with van der Waals surface area (Å²) in [5.41, 5.74) is 2.44. The molecule has 0 unspecified atom stereocenters. The lowest BCUT2D eigenvalue weighted by Crippen LogP contribution is -2.24. The SMILES string of the molecule is CCOc1ccc2c(c1)c(C(=O)NC/C=C/C(=O)OC)c(C)n2C. The van der Waals surface area contributed by atoms with Gasteiger partial charge in [0.05, 0.1) is 19.3 Å². The lowest BCUT2D eigenvalue weighted by molar-refractivity contribution is -0.134. The minimum Gasteiger partial charge on any atom is -0.494 e. The molecule has 1 N–H and O–H groups in total. The molecular formula is C18H22N2O4. The maximum atomic E-state index is 12.6. The largest absolute Gasteiger partial charge is 0.494 e. The number of amides is 1. The Kier molecular flexibility index (Phi) is 5.63. The number of aromatic nitrogens is 1. The third kappa shape index (κ3) is 3.59. The van der Waals surface area contributed by atoms with Crippen LogP contribution in [0.15, 0.2) is 30.4 Å². The predicted octanol–water partition coefficient (Wildman–Crippen LogP) is 2.34. The lowest BCUT2D eigenvalue weighted by atomic mass is 10.1. The monoisotopic (exact) mass is 330 g/mol. The molecule has 1 heterocycles. The van der Waals surface area contributed by atoms with Crippen LogP contribution in [0.25, 0.3) is 10.9 Å². The summed E-state index contributed by atoms with van der Waals surface area (Å²) in [4.78, 5) is 23.6. The smallest absolute Gasteiger partial charge is 0.330 e. The standard InChI is InChI=1S/C18H22N2O4/c1-5-24-13-8-9-15-14(11-13)17(12(2)20(15)3)18(22)19-10-6-7-16(21)23-4/h6-9,11H,5,10H2,1-4H3,(H,19,22)/b7-6+. The van der Waals surface area contributed by atoms with Gasteiger partial charge in [-0.05, 0) is 32.0 Å². The zero-order valence-corrected chi connectivity index (χ0v) is 14.4. The van der Waals surface area contributed by atoms with Gasteiger partial charge >= 0.3 is 5.97 Å². The van der Waals surface area contributed by atoms with Gasteiger partial charge in [-0.2, -0.15) is 0 Å². The van der Waals surface area contributed by atoms with Gasteiger partial charge in [-0.15, -0.1) is 0 Å². The van der Waals surface area contributed by atoms with Gasteiger partial charge in [-0.3, -0.25) is 4.79 Å². The molecule has 0 atom stereocenters. The number of carbonyl (C=O) groups is 2. The van der Waals surface area contributed by atoms with Crippen LogP contribution >= 0.6 is 0 Å². The molecule has 0 saturated carbocycles. The number of ether oxygens (including phenoxy) is 2. The average Bonchev–Trinajstić information content (AvgIpc) is 2.82. The van der Waals surface area contributed by atoms with Crippen molar-refractivity contribution >= 4 is 22.8 Å². The highest BCUT2D eigenvalue weighted by atomic mass is 16.5. The number of carbonyl (C=O) groups excluding carboxylic acids is 2. The molecule has 0 aliphatic rings. The molecule has 2 rings (SSSR count). The van der Waals surface area contributed by atoms with Crippen molar-refractivity contribution in [1.29, 1.82) is 0 Å². The van der Waals surface area contributed by atoms with Crippen LogP contribution in [0, 0.1) is 6.92 Å². The van der Waals surface area contributed by atoms with E-state index in [4.69, 9.17) is 4.74 Å². The summed E-state index contributed by atoms with van der Waals surface area (Å²) >= 11 is 0. The van der Waals surface area contributed by atoms with Gasteiger partial charge in [-0.25, -0.2) is 4.79 Å². The second kappa shape index (κ2) is 7.68. The van der Waals surface area contributed by atoms with Crippen molar-refractivity contribution < 1.29 is 19.1 Å². The van der Waals surface area contributed by atoms with Crippen molar-refractivity contribution in [1.82, 2.24) is 9.88 Å². The second-order valence-electron chi connectivity index (χ2n) is 5.27. The molecule has 24 heavy (non-hydrogen) atoms. The number of methoxy groups -OCH3 is 1. The van der Waals surface area contributed by atoms with Crippen LogP contribution in [-0.2, 0) is 16.6 Å². The summed E-state index contributed by atoms with van der Waals surface area (Å²) in [7, 11) is 3.23. The van der Waals surface area contributed by atoms with E-state index in [0.29, 0.717) is 12.2 Å². The summed E-state index contributed by atoms with van der Waals surface area (Å²) in [5.74, 6) is 0.0865. The first-order valence-electron chi connectivity index (χ1n) is 7.74. The number of nitrogens with one attached hydrogen (secondary N) is 1. The van der Waals surface area contributed by atoms with E-state index in [2.05, 4.69) is 10.1 Å². The summed E-state index contributed by atoms with van der Waals surface area (Å²) in [6.07, 6.45) is 2.83. The molecule has 0 radical (unpaired) electrons. The van der Waals surface area contributed by atoms with Crippen molar-refractivity contribution in [3.63, 3.8) is 0 Å². The van der Waals surface area contributed by atoms with E-state index in [1.165, 1.54) is 13.2 Å². The number of nitrogens with zero attached hydrogens (tertiary/aromatic N) is 1.